The minimum absolute atomic E-state index is 0.109. The zero-order valence-corrected chi connectivity index (χ0v) is 9.55. The molecule has 19 heavy (non-hydrogen) atoms. The summed E-state index contributed by atoms with van der Waals surface area (Å²) in [6, 6.07) is 0. The maximum Gasteiger partial charge on any atom is 0.332 e. The van der Waals surface area contributed by atoms with E-state index in [0.717, 1.165) is 4.57 Å². The summed E-state index contributed by atoms with van der Waals surface area (Å²) in [7, 11) is 0. The van der Waals surface area contributed by atoms with Gasteiger partial charge in [-0.2, -0.15) is 0 Å². The molecule has 4 rings (SSSR count). The van der Waals surface area contributed by atoms with E-state index in [4.69, 9.17) is 4.74 Å². The van der Waals surface area contributed by atoms with Gasteiger partial charge in [0.2, 0.25) is 0 Å². The van der Waals surface area contributed by atoms with Gasteiger partial charge < -0.3 is 19.5 Å². The van der Waals surface area contributed by atoms with E-state index in [1.807, 2.05) is 0 Å². The average molecular weight is 266 g/mol. The summed E-state index contributed by atoms with van der Waals surface area (Å²) in [5.74, 6) is 0. The number of fused-ring (bicyclic) bond motifs is 3. The van der Waals surface area contributed by atoms with Crippen LogP contribution in [0.25, 0.3) is 11.2 Å². The molecule has 9 heteroatoms. The van der Waals surface area contributed by atoms with Crippen LogP contribution in [0.15, 0.2) is 15.9 Å². The molecule has 2 unspecified atom stereocenters. The fourth-order valence-electron chi connectivity index (χ4n) is 2.76. The van der Waals surface area contributed by atoms with Crippen LogP contribution in [0.5, 0.6) is 0 Å². The number of aliphatic hydroxyl groups is 2. The Labute approximate surface area is 104 Å². The number of nitrogens with one attached hydrogen (secondary N) is 1. The summed E-state index contributed by atoms with van der Waals surface area (Å²) in [4.78, 5) is 29.7. The summed E-state index contributed by atoms with van der Waals surface area (Å²) >= 11 is 0. The first kappa shape index (κ1) is 10.9. The van der Waals surface area contributed by atoms with Crippen molar-refractivity contribution in [3.63, 3.8) is 0 Å². The van der Waals surface area contributed by atoms with E-state index in [1.54, 1.807) is 4.57 Å². The van der Waals surface area contributed by atoms with Gasteiger partial charge in [-0.3, -0.25) is 9.78 Å². The van der Waals surface area contributed by atoms with Crippen molar-refractivity contribution in [1.82, 2.24) is 19.1 Å². The smallest absolute Gasteiger partial charge is 0.332 e. The van der Waals surface area contributed by atoms with Crippen LogP contribution in [-0.2, 0) is 11.3 Å². The molecule has 0 aliphatic carbocycles. The van der Waals surface area contributed by atoms with Crippen LogP contribution < -0.4 is 11.2 Å². The van der Waals surface area contributed by atoms with Crippen molar-refractivity contribution >= 4 is 11.2 Å². The molecular weight excluding hydrogens is 256 g/mol. The molecule has 1 fully saturated rings. The highest BCUT2D eigenvalue weighted by molar-refractivity contribution is 5.70. The first-order chi connectivity index (χ1) is 9.08. The number of ether oxygens (including phenoxy) is 1. The van der Waals surface area contributed by atoms with Crippen molar-refractivity contribution in [3.8, 4) is 0 Å². The van der Waals surface area contributed by atoms with Crippen LogP contribution in [0.2, 0.25) is 0 Å². The molecule has 2 aromatic rings. The van der Waals surface area contributed by atoms with E-state index in [2.05, 4.69) is 9.97 Å². The number of hydrogen-bond donors (Lipinski definition) is 3. The third-order valence-electron chi connectivity index (χ3n) is 3.66. The molecule has 2 aromatic heterocycles. The van der Waals surface area contributed by atoms with E-state index in [9.17, 15) is 19.8 Å². The number of H-pyrrole nitrogens is 1. The molecule has 3 N–H and O–H groups in total. The minimum Gasteiger partial charge on any atom is -0.387 e. The number of aromatic amines is 1. The third kappa shape index (κ3) is 1.21. The fraction of sp³-hybridized carbons (Fsp3) is 0.500. The highest BCUT2D eigenvalue weighted by Crippen LogP contribution is 2.33. The van der Waals surface area contributed by atoms with E-state index in [-0.39, 0.29) is 12.1 Å². The molecule has 2 aliphatic rings. The van der Waals surface area contributed by atoms with Gasteiger partial charge in [-0.1, -0.05) is 0 Å². The summed E-state index contributed by atoms with van der Waals surface area (Å²) < 4.78 is 8.20. The number of imidazole rings is 1. The van der Waals surface area contributed by atoms with Gasteiger partial charge in [0.25, 0.3) is 5.56 Å². The van der Waals surface area contributed by atoms with E-state index in [1.165, 1.54) is 6.33 Å². The molecule has 1 saturated heterocycles. The van der Waals surface area contributed by atoms with E-state index in [0.29, 0.717) is 5.65 Å². The van der Waals surface area contributed by atoms with Gasteiger partial charge in [-0.25, -0.2) is 14.3 Å². The van der Waals surface area contributed by atoms with Crippen molar-refractivity contribution < 1.29 is 14.9 Å². The largest absolute Gasteiger partial charge is 0.387 e. The van der Waals surface area contributed by atoms with Gasteiger partial charge in [0.05, 0.1) is 12.9 Å². The second-order valence-electron chi connectivity index (χ2n) is 4.74. The second kappa shape index (κ2) is 3.32. The average Bonchev–Trinajstić information content (AvgIpc) is 2.82. The number of aromatic nitrogens is 4. The summed E-state index contributed by atoms with van der Waals surface area (Å²) in [6.45, 7) is 0.216. The van der Waals surface area contributed by atoms with Gasteiger partial charge >= 0.3 is 5.69 Å². The van der Waals surface area contributed by atoms with Crippen LogP contribution in [0.1, 0.15) is 6.23 Å². The molecule has 4 atom stereocenters. The van der Waals surface area contributed by atoms with Crippen LogP contribution in [0.4, 0.5) is 0 Å². The Balaban J connectivity index is 2.14. The number of rotatable bonds is 0. The quantitative estimate of drug-likeness (QED) is 0.485. The Hall–Kier alpha value is -1.97. The van der Waals surface area contributed by atoms with Crippen LogP contribution in [-0.4, -0.2) is 47.6 Å². The third-order valence-corrected chi connectivity index (χ3v) is 3.66. The second-order valence-corrected chi connectivity index (χ2v) is 4.74. The topological polar surface area (TPSA) is 122 Å². The maximum absolute atomic E-state index is 12.0. The van der Waals surface area contributed by atoms with Gasteiger partial charge in [0.1, 0.15) is 18.3 Å². The zero-order valence-electron chi connectivity index (χ0n) is 9.55. The normalized spacial score (nSPS) is 32.7. The summed E-state index contributed by atoms with van der Waals surface area (Å²) in [5.41, 5.74) is -0.870. The Bertz CT molecular complexity index is 789. The molecular formula is C10H10N4O5. The van der Waals surface area contributed by atoms with Gasteiger partial charge in [-0.05, 0) is 0 Å². The Kier molecular flexibility index (Phi) is 1.91. The Morgan fingerprint density at radius 1 is 1.37 bits per heavy atom. The predicted molar refractivity (Wildman–Crippen MR) is 60.5 cm³/mol. The molecule has 0 radical (unpaired) electrons. The highest BCUT2D eigenvalue weighted by Gasteiger charge is 2.47. The first-order valence-electron chi connectivity index (χ1n) is 5.79. The van der Waals surface area contributed by atoms with Gasteiger partial charge in [0.15, 0.2) is 17.4 Å². The van der Waals surface area contributed by atoms with Crippen LogP contribution >= 0.6 is 0 Å². The monoisotopic (exact) mass is 266 g/mol. The molecule has 0 saturated carbocycles. The lowest BCUT2D eigenvalue weighted by atomic mass is 10.1. The Morgan fingerprint density at radius 3 is 2.95 bits per heavy atom. The molecule has 0 spiro atoms. The highest BCUT2D eigenvalue weighted by atomic mass is 16.6. The number of nitrogens with zero attached hydrogens (tertiary/aromatic N) is 3. The van der Waals surface area contributed by atoms with Crippen LogP contribution in [0.3, 0.4) is 0 Å². The van der Waals surface area contributed by atoms with Crippen LogP contribution in [0, 0.1) is 0 Å². The number of hydrogen-bond acceptors (Lipinski definition) is 6. The van der Waals surface area contributed by atoms with E-state index < -0.39 is 35.8 Å². The lowest BCUT2D eigenvalue weighted by Crippen LogP contribution is -2.40. The van der Waals surface area contributed by atoms with Crippen molar-refractivity contribution in [1.29, 1.82) is 0 Å². The zero-order chi connectivity index (χ0) is 13.3. The first-order valence-corrected chi connectivity index (χ1v) is 5.79. The molecule has 9 nitrogen and oxygen atoms in total. The van der Waals surface area contributed by atoms with Gasteiger partial charge in [-0.15, -0.1) is 0 Å². The molecule has 2 bridgehead atoms. The molecule has 0 amide bonds. The SMILES string of the molecule is O=c1[nH]c(=O)n2c3c1ncn3C[C@H]1O[C@@H]2C(O)C1O. The van der Waals surface area contributed by atoms with Crippen molar-refractivity contribution in [2.24, 2.45) is 0 Å². The maximum atomic E-state index is 12.0. The molecule has 4 heterocycles. The summed E-state index contributed by atoms with van der Waals surface area (Å²) in [6.07, 6.45) is -2.56. The van der Waals surface area contributed by atoms with Crippen molar-refractivity contribution in [2.75, 3.05) is 0 Å². The van der Waals surface area contributed by atoms with E-state index >= 15 is 0 Å². The molecule has 0 aromatic carbocycles. The number of aliphatic hydroxyl groups excluding tert-OH is 2. The lowest BCUT2D eigenvalue weighted by Gasteiger charge is -2.19. The van der Waals surface area contributed by atoms with Crippen molar-refractivity contribution in [3.05, 3.63) is 27.2 Å². The van der Waals surface area contributed by atoms with Crippen molar-refractivity contribution in [2.45, 2.75) is 31.1 Å². The summed E-state index contributed by atoms with van der Waals surface area (Å²) in [5, 5.41) is 19.8. The Morgan fingerprint density at radius 2 is 2.16 bits per heavy atom. The van der Waals surface area contributed by atoms with Gasteiger partial charge in [0, 0.05) is 0 Å². The standard InChI is InChI=1S/C10H10N4O5/c15-5-3-1-13-2-11-4-7(17)12-10(18)14(8(4)13)9(19-3)6(5)16/h2-3,5-6,9,15-16H,1H2,(H,12,17,18)/t3-,5?,6?,9-/m1/s1. The molecule has 2 aliphatic heterocycles. The minimum atomic E-state index is -1.22. The fourth-order valence-corrected chi connectivity index (χ4v) is 2.76. The molecule has 100 valence electrons. The predicted octanol–water partition coefficient (Wildman–Crippen LogP) is -2.48. The lowest BCUT2D eigenvalue weighted by molar-refractivity contribution is -0.0353.